The summed E-state index contributed by atoms with van der Waals surface area (Å²) in [4.78, 5) is 3.86. The molecular formula is C12H20F3N3. The number of hydrogen-bond donors (Lipinski definition) is 0. The minimum absolute atomic E-state index is 0.230. The number of piperidine rings is 1. The predicted molar refractivity (Wildman–Crippen MR) is 62.9 cm³/mol. The van der Waals surface area contributed by atoms with Crippen LogP contribution in [0, 0.1) is 23.2 Å². The van der Waals surface area contributed by atoms with Crippen LogP contribution in [0.15, 0.2) is 0 Å². The van der Waals surface area contributed by atoms with E-state index in [9.17, 15) is 13.2 Å². The highest BCUT2D eigenvalue weighted by molar-refractivity contribution is 4.90. The molecule has 104 valence electrons. The fourth-order valence-corrected chi connectivity index (χ4v) is 2.29. The third-order valence-electron chi connectivity index (χ3n) is 3.45. The van der Waals surface area contributed by atoms with E-state index < -0.39 is 12.1 Å². The van der Waals surface area contributed by atoms with Crippen molar-refractivity contribution >= 4 is 0 Å². The lowest BCUT2D eigenvalue weighted by atomic mass is 9.96. The zero-order chi connectivity index (χ0) is 13.8. The summed E-state index contributed by atoms with van der Waals surface area (Å²) in [6, 6.07) is 1.34. The number of nitrogens with zero attached hydrogens (tertiary/aromatic N) is 3. The summed E-state index contributed by atoms with van der Waals surface area (Å²) in [5.74, 6) is -1.44. The average Bonchev–Trinajstić information content (AvgIpc) is 2.27. The second-order valence-corrected chi connectivity index (χ2v) is 5.19. The molecule has 1 unspecified atom stereocenters. The molecule has 0 bridgehead atoms. The van der Waals surface area contributed by atoms with Crippen LogP contribution in [0.2, 0.25) is 0 Å². The Morgan fingerprint density at radius 3 is 2.39 bits per heavy atom. The summed E-state index contributed by atoms with van der Waals surface area (Å²) in [7, 11) is 3.71. The molecule has 1 aliphatic rings. The lowest BCUT2D eigenvalue weighted by Gasteiger charge is -2.32. The van der Waals surface area contributed by atoms with E-state index >= 15 is 0 Å². The number of halogens is 3. The zero-order valence-corrected chi connectivity index (χ0v) is 10.9. The van der Waals surface area contributed by atoms with Gasteiger partial charge in [-0.05, 0) is 45.9 Å². The van der Waals surface area contributed by atoms with Gasteiger partial charge in [0.25, 0.3) is 0 Å². The summed E-state index contributed by atoms with van der Waals surface area (Å²) in [5, 5.41) is 8.55. The highest BCUT2D eigenvalue weighted by Crippen LogP contribution is 2.26. The van der Waals surface area contributed by atoms with Crippen molar-refractivity contribution in [2.24, 2.45) is 11.8 Å². The lowest BCUT2D eigenvalue weighted by Crippen LogP contribution is -2.39. The Bertz CT molecular complexity index is 290. The van der Waals surface area contributed by atoms with Crippen LogP contribution in [0.5, 0.6) is 0 Å². The first-order valence-electron chi connectivity index (χ1n) is 6.16. The third-order valence-corrected chi connectivity index (χ3v) is 3.45. The molecule has 0 spiro atoms. The highest BCUT2D eigenvalue weighted by atomic mass is 19.4. The van der Waals surface area contributed by atoms with Crippen LogP contribution in [0.1, 0.15) is 12.8 Å². The summed E-state index contributed by atoms with van der Waals surface area (Å²) >= 11 is 0. The van der Waals surface area contributed by atoms with Crippen molar-refractivity contribution < 1.29 is 13.2 Å². The fraction of sp³-hybridized carbons (Fsp3) is 0.917. The van der Waals surface area contributed by atoms with E-state index in [4.69, 9.17) is 5.26 Å². The predicted octanol–water partition coefficient (Wildman–Crippen LogP) is 1.96. The SMILES string of the molecule is CN1CCC(CN(C)CC(C#N)C(F)(F)F)CC1. The molecule has 0 amide bonds. The molecule has 0 radical (unpaired) electrons. The topological polar surface area (TPSA) is 30.3 Å². The van der Waals surface area contributed by atoms with Crippen molar-refractivity contribution in [3.05, 3.63) is 0 Å². The van der Waals surface area contributed by atoms with Crippen LogP contribution in [-0.2, 0) is 0 Å². The normalized spacial score (nSPS) is 20.9. The van der Waals surface area contributed by atoms with Crippen molar-refractivity contribution in [3.8, 4) is 6.07 Å². The smallest absolute Gasteiger partial charge is 0.306 e. The molecule has 6 heteroatoms. The van der Waals surface area contributed by atoms with E-state index in [0.717, 1.165) is 25.9 Å². The van der Waals surface area contributed by atoms with Crippen molar-refractivity contribution in [1.29, 1.82) is 5.26 Å². The Morgan fingerprint density at radius 2 is 1.94 bits per heavy atom. The van der Waals surface area contributed by atoms with Crippen LogP contribution in [-0.4, -0.2) is 56.3 Å². The van der Waals surface area contributed by atoms with Gasteiger partial charge in [-0.25, -0.2) is 0 Å². The van der Waals surface area contributed by atoms with Crippen LogP contribution in [0.4, 0.5) is 13.2 Å². The first-order chi connectivity index (χ1) is 8.32. The van der Waals surface area contributed by atoms with Gasteiger partial charge >= 0.3 is 6.18 Å². The average molecular weight is 263 g/mol. The second-order valence-electron chi connectivity index (χ2n) is 5.19. The molecule has 0 aromatic rings. The van der Waals surface area contributed by atoms with Crippen molar-refractivity contribution in [1.82, 2.24) is 9.80 Å². The van der Waals surface area contributed by atoms with Gasteiger partial charge in [0.2, 0.25) is 0 Å². The van der Waals surface area contributed by atoms with Crippen LogP contribution in [0.3, 0.4) is 0 Å². The van der Waals surface area contributed by atoms with Crippen molar-refractivity contribution in [2.45, 2.75) is 19.0 Å². The monoisotopic (exact) mass is 263 g/mol. The Kier molecular flexibility index (Phi) is 5.42. The van der Waals surface area contributed by atoms with Gasteiger partial charge in [0, 0.05) is 13.1 Å². The maximum absolute atomic E-state index is 12.5. The minimum Gasteiger partial charge on any atom is -0.306 e. The molecule has 1 fully saturated rings. The molecule has 1 saturated heterocycles. The Morgan fingerprint density at radius 1 is 1.39 bits per heavy atom. The summed E-state index contributed by atoms with van der Waals surface area (Å²) in [6.45, 7) is 2.41. The van der Waals surface area contributed by atoms with Gasteiger partial charge in [-0.1, -0.05) is 0 Å². The largest absolute Gasteiger partial charge is 0.405 e. The van der Waals surface area contributed by atoms with E-state index in [-0.39, 0.29) is 6.54 Å². The fourth-order valence-electron chi connectivity index (χ4n) is 2.29. The van der Waals surface area contributed by atoms with E-state index in [2.05, 4.69) is 11.9 Å². The molecular weight excluding hydrogens is 243 g/mol. The molecule has 0 aromatic carbocycles. The molecule has 18 heavy (non-hydrogen) atoms. The van der Waals surface area contributed by atoms with Gasteiger partial charge in [0.05, 0.1) is 6.07 Å². The van der Waals surface area contributed by atoms with Crippen LogP contribution in [0.25, 0.3) is 0 Å². The molecule has 1 atom stereocenters. The Hall–Kier alpha value is -0.800. The van der Waals surface area contributed by atoms with E-state index in [1.165, 1.54) is 6.07 Å². The minimum atomic E-state index is -4.42. The van der Waals surface area contributed by atoms with Gasteiger partial charge in [0.1, 0.15) is 0 Å². The first kappa shape index (κ1) is 15.3. The van der Waals surface area contributed by atoms with Crippen molar-refractivity contribution in [2.75, 3.05) is 40.3 Å². The second kappa shape index (κ2) is 6.39. The quantitative estimate of drug-likeness (QED) is 0.776. The van der Waals surface area contributed by atoms with Gasteiger partial charge in [-0.15, -0.1) is 0 Å². The summed E-state index contributed by atoms with van der Waals surface area (Å²) in [5.41, 5.74) is 0. The lowest BCUT2D eigenvalue weighted by molar-refractivity contribution is -0.162. The van der Waals surface area contributed by atoms with Crippen LogP contribution >= 0.6 is 0 Å². The summed E-state index contributed by atoms with van der Waals surface area (Å²) < 4.78 is 37.4. The standard InChI is InChI=1S/C12H20F3N3/c1-17-5-3-10(4-6-17)8-18(2)9-11(7-16)12(13,14)15/h10-11H,3-6,8-9H2,1-2H3. The molecule has 1 aliphatic heterocycles. The van der Waals surface area contributed by atoms with Gasteiger partial charge in [0.15, 0.2) is 5.92 Å². The van der Waals surface area contributed by atoms with Gasteiger partial charge in [-0.3, -0.25) is 0 Å². The van der Waals surface area contributed by atoms with Crippen LogP contribution < -0.4 is 0 Å². The zero-order valence-electron chi connectivity index (χ0n) is 10.9. The molecule has 0 aromatic heterocycles. The number of likely N-dealkylation sites (tertiary alicyclic amines) is 1. The molecule has 1 heterocycles. The molecule has 0 saturated carbocycles. The Balaban J connectivity index is 2.37. The molecule has 0 N–H and O–H groups in total. The maximum atomic E-state index is 12.5. The number of nitriles is 1. The third kappa shape index (κ3) is 4.83. The van der Waals surface area contributed by atoms with E-state index in [1.54, 1.807) is 11.9 Å². The van der Waals surface area contributed by atoms with Gasteiger partial charge < -0.3 is 9.80 Å². The molecule has 3 nitrogen and oxygen atoms in total. The molecule has 0 aliphatic carbocycles. The van der Waals surface area contributed by atoms with E-state index in [1.807, 2.05) is 0 Å². The van der Waals surface area contributed by atoms with Gasteiger partial charge in [-0.2, -0.15) is 18.4 Å². The Labute approximate surface area is 106 Å². The highest BCUT2D eigenvalue weighted by Gasteiger charge is 2.40. The number of hydrogen-bond acceptors (Lipinski definition) is 3. The first-order valence-corrected chi connectivity index (χ1v) is 6.16. The van der Waals surface area contributed by atoms with Crippen molar-refractivity contribution in [3.63, 3.8) is 0 Å². The number of alkyl halides is 3. The maximum Gasteiger partial charge on any atom is 0.405 e. The molecule has 1 rings (SSSR count). The summed E-state index contributed by atoms with van der Waals surface area (Å²) in [6.07, 6.45) is -2.38. The van der Waals surface area contributed by atoms with E-state index in [0.29, 0.717) is 12.5 Å². The number of rotatable bonds is 4.